The Morgan fingerprint density at radius 1 is 1.37 bits per heavy atom. The molecule has 7 heteroatoms. The van der Waals surface area contributed by atoms with Gasteiger partial charge >= 0.3 is 6.01 Å². The van der Waals surface area contributed by atoms with Crippen LogP contribution in [0.2, 0.25) is 5.28 Å². The van der Waals surface area contributed by atoms with Crippen LogP contribution in [0.1, 0.15) is 32.6 Å². The first-order valence-electron chi connectivity index (χ1n) is 6.71. The third kappa shape index (κ3) is 2.90. The van der Waals surface area contributed by atoms with Crippen molar-refractivity contribution in [1.82, 2.24) is 15.0 Å². The minimum atomic E-state index is 0.146. The Morgan fingerprint density at radius 2 is 2.26 bits per heavy atom. The summed E-state index contributed by atoms with van der Waals surface area (Å²) in [5.74, 6) is 0.465. The summed E-state index contributed by atoms with van der Waals surface area (Å²) in [6.45, 7) is 2.59. The molecule has 0 aromatic carbocycles. The first-order chi connectivity index (χ1) is 9.24. The molecule has 0 aliphatic carbocycles. The van der Waals surface area contributed by atoms with Crippen LogP contribution in [0.5, 0.6) is 6.01 Å². The van der Waals surface area contributed by atoms with E-state index >= 15 is 0 Å². The van der Waals surface area contributed by atoms with Crippen molar-refractivity contribution < 1.29 is 9.47 Å². The molecule has 2 saturated heterocycles. The molecule has 0 radical (unpaired) electrons. The van der Waals surface area contributed by atoms with Gasteiger partial charge in [0.15, 0.2) is 0 Å². The monoisotopic (exact) mass is 284 g/mol. The average Bonchev–Trinajstić information content (AvgIpc) is 2.98. The van der Waals surface area contributed by atoms with E-state index in [4.69, 9.17) is 21.1 Å². The van der Waals surface area contributed by atoms with E-state index < -0.39 is 0 Å². The standard InChI is InChI=1S/C12H17ClN4O2/c1-2-5-18-12-16-10(13)15-11(17-12)14-8-6-7-3-4-9(8)19-7/h7-9H,2-6H2,1H3,(H,14,15,16,17). The van der Waals surface area contributed by atoms with Gasteiger partial charge in [-0.05, 0) is 37.3 Å². The third-order valence-electron chi connectivity index (χ3n) is 3.44. The smallest absolute Gasteiger partial charge is 0.322 e. The van der Waals surface area contributed by atoms with Gasteiger partial charge in [0.1, 0.15) is 0 Å². The van der Waals surface area contributed by atoms with E-state index in [1.54, 1.807) is 0 Å². The number of hydrogen-bond donors (Lipinski definition) is 1. The van der Waals surface area contributed by atoms with E-state index in [0.717, 1.165) is 25.7 Å². The highest BCUT2D eigenvalue weighted by atomic mass is 35.5. The predicted octanol–water partition coefficient (Wildman–Crippen LogP) is 2.05. The number of aromatic nitrogens is 3. The average molecular weight is 285 g/mol. The summed E-state index contributed by atoms with van der Waals surface area (Å²) in [4.78, 5) is 12.3. The van der Waals surface area contributed by atoms with Crippen molar-refractivity contribution in [3.8, 4) is 6.01 Å². The molecule has 104 valence electrons. The van der Waals surface area contributed by atoms with Crippen LogP contribution < -0.4 is 10.1 Å². The highest BCUT2D eigenvalue weighted by Crippen LogP contribution is 2.35. The highest BCUT2D eigenvalue weighted by molar-refractivity contribution is 6.28. The molecule has 2 aliphatic rings. The molecule has 0 spiro atoms. The van der Waals surface area contributed by atoms with E-state index in [2.05, 4.69) is 20.3 Å². The fraction of sp³-hybridized carbons (Fsp3) is 0.750. The minimum absolute atomic E-state index is 0.146. The Kier molecular flexibility index (Phi) is 3.70. The molecule has 19 heavy (non-hydrogen) atoms. The molecule has 3 atom stereocenters. The van der Waals surface area contributed by atoms with Gasteiger partial charge in [0.2, 0.25) is 11.2 Å². The zero-order valence-corrected chi connectivity index (χ0v) is 11.6. The molecule has 6 nitrogen and oxygen atoms in total. The van der Waals surface area contributed by atoms with Crippen molar-refractivity contribution in [2.45, 2.75) is 50.9 Å². The number of hydrogen-bond acceptors (Lipinski definition) is 6. The van der Waals surface area contributed by atoms with Crippen molar-refractivity contribution in [2.24, 2.45) is 0 Å². The molecule has 3 rings (SSSR count). The number of anilines is 1. The lowest BCUT2D eigenvalue weighted by atomic mass is 9.96. The summed E-state index contributed by atoms with van der Waals surface area (Å²) < 4.78 is 11.2. The number of ether oxygens (including phenoxy) is 2. The van der Waals surface area contributed by atoms with Crippen molar-refractivity contribution in [3.63, 3.8) is 0 Å². The summed E-state index contributed by atoms with van der Waals surface area (Å²) in [5, 5.41) is 3.42. The quantitative estimate of drug-likeness (QED) is 0.892. The van der Waals surface area contributed by atoms with E-state index in [1.165, 1.54) is 0 Å². The van der Waals surface area contributed by atoms with E-state index in [1.807, 2.05) is 6.92 Å². The first kappa shape index (κ1) is 12.9. The Morgan fingerprint density at radius 3 is 2.95 bits per heavy atom. The van der Waals surface area contributed by atoms with Crippen molar-refractivity contribution in [3.05, 3.63) is 5.28 Å². The number of nitrogens with one attached hydrogen (secondary N) is 1. The largest absolute Gasteiger partial charge is 0.463 e. The lowest BCUT2D eigenvalue weighted by Gasteiger charge is -2.19. The molecule has 3 heterocycles. The van der Waals surface area contributed by atoms with Crippen molar-refractivity contribution in [1.29, 1.82) is 0 Å². The van der Waals surface area contributed by atoms with E-state index in [-0.39, 0.29) is 23.4 Å². The Balaban J connectivity index is 1.68. The molecule has 1 aromatic rings. The lowest BCUT2D eigenvalue weighted by Crippen LogP contribution is -2.31. The van der Waals surface area contributed by atoms with Crippen LogP contribution in [0, 0.1) is 0 Å². The third-order valence-corrected chi connectivity index (χ3v) is 3.61. The van der Waals surface area contributed by atoms with Crippen LogP contribution in [0.25, 0.3) is 0 Å². The molecule has 2 fully saturated rings. The number of nitrogens with zero attached hydrogens (tertiary/aromatic N) is 3. The minimum Gasteiger partial charge on any atom is -0.463 e. The SMILES string of the molecule is CCCOc1nc(Cl)nc(NC2CC3CCC2O3)n1. The van der Waals surface area contributed by atoms with Crippen molar-refractivity contribution >= 4 is 17.5 Å². The molecule has 2 bridgehead atoms. The fourth-order valence-electron chi connectivity index (χ4n) is 2.61. The summed E-state index contributed by atoms with van der Waals surface area (Å²) in [5.41, 5.74) is 0. The Bertz CT molecular complexity index is 459. The van der Waals surface area contributed by atoms with Crippen LogP contribution in [-0.4, -0.2) is 39.8 Å². The second-order valence-corrected chi connectivity index (χ2v) is 5.26. The molecule has 1 aromatic heterocycles. The maximum absolute atomic E-state index is 5.88. The predicted molar refractivity (Wildman–Crippen MR) is 70.5 cm³/mol. The van der Waals surface area contributed by atoms with Crippen molar-refractivity contribution in [2.75, 3.05) is 11.9 Å². The number of fused-ring (bicyclic) bond motifs is 2. The van der Waals surface area contributed by atoms with E-state index in [9.17, 15) is 0 Å². The van der Waals surface area contributed by atoms with Gasteiger partial charge in [-0.1, -0.05) is 6.92 Å². The number of halogens is 1. The van der Waals surface area contributed by atoms with Gasteiger partial charge < -0.3 is 14.8 Å². The van der Waals surface area contributed by atoms with Crippen LogP contribution >= 0.6 is 11.6 Å². The highest BCUT2D eigenvalue weighted by Gasteiger charge is 2.41. The van der Waals surface area contributed by atoms with Gasteiger partial charge in [-0.2, -0.15) is 15.0 Å². The zero-order chi connectivity index (χ0) is 13.2. The van der Waals surface area contributed by atoms with Crippen LogP contribution in [0.4, 0.5) is 5.95 Å². The molecule has 1 N–H and O–H groups in total. The van der Waals surface area contributed by atoms with Gasteiger partial charge in [-0.3, -0.25) is 0 Å². The molecule has 0 amide bonds. The molecule has 2 aliphatic heterocycles. The maximum Gasteiger partial charge on any atom is 0.322 e. The second-order valence-electron chi connectivity index (χ2n) is 4.92. The van der Waals surface area contributed by atoms with E-state index in [0.29, 0.717) is 18.7 Å². The van der Waals surface area contributed by atoms with Crippen LogP contribution in [-0.2, 0) is 4.74 Å². The van der Waals surface area contributed by atoms with Gasteiger partial charge in [0, 0.05) is 0 Å². The second kappa shape index (κ2) is 5.46. The summed E-state index contributed by atoms with van der Waals surface area (Å²) in [7, 11) is 0. The summed E-state index contributed by atoms with van der Waals surface area (Å²) in [6, 6.07) is 0.532. The first-order valence-corrected chi connectivity index (χ1v) is 7.08. The molecular weight excluding hydrogens is 268 g/mol. The molecular formula is C12H17ClN4O2. The Hall–Kier alpha value is -1.14. The van der Waals surface area contributed by atoms with Crippen LogP contribution in [0.15, 0.2) is 0 Å². The summed E-state index contributed by atoms with van der Waals surface area (Å²) >= 11 is 5.88. The topological polar surface area (TPSA) is 69.2 Å². The summed E-state index contributed by atoms with van der Waals surface area (Å²) in [6.07, 6.45) is 4.80. The number of rotatable bonds is 5. The lowest BCUT2D eigenvalue weighted by molar-refractivity contribution is 0.102. The van der Waals surface area contributed by atoms with Crippen LogP contribution in [0.3, 0.4) is 0 Å². The maximum atomic E-state index is 5.88. The van der Waals surface area contributed by atoms with Gasteiger partial charge in [0.25, 0.3) is 0 Å². The molecule has 0 saturated carbocycles. The molecule has 3 unspecified atom stereocenters. The van der Waals surface area contributed by atoms with Gasteiger partial charge in [-0.15, -0.1) is 0 Å². The van der Waals surface area contributed by atoms with Gasteiger partial charge in [0.05, 0.1) is 24.9 Å². The van der Waals surface area contributed by atoms with Gasteiger partial charge in [-0.25, -0.2) is 0 Å². The fourth-order valence-corrected chi connectivity index (χ4v) is 2.76. The zero-order valence-electron chi connectivity index (χ0n) is 10.8. The normalized spacial score (nSPS) is 28.6. The Labute approximate surface area is 116 Å².